The summed E-state index contributed by atoms with van der Waals surface area (Å²) in [6.07, 6.45) is 0. The van der Waals surface area contributed by atoms with Crippen LogP contribution >= 0.6 is 23.2 Å². The first-order chi connectivity index (χ1) is 9.56. The molecule has 0 saturated heterocycles. The number of ether oxygens (including phenoxy) is 1. The van der Waals surface area contributed by atoms with E-state index in [1.165, 1.54) is 5.56 Å². The highest BCUT2D eigenvalue weighted by molar-refractivity contribution is 6.35. The summed E-state index contributed by atoms with van der Waals surface area (Å²) in [4.78, 5) is 0. The molecule has 2 aromatic rings. The molecule has 4 heteroatoms. The summed E-state index contributed by atoms with van der Waals surface area (Å²) in [5, 5.41) is 4.53. The fourth-order valence-electron chi connectivity index (χ4n) is 1.94. The summed E-state index contributed by atoms with van der Waals surface area (Å²) in [6, 6.07) is 11.5. The number of halogens is 2. The van der Waals surface area contributed by atoms with Crippen LogP contribution in [0.5, 0.6) is 5.75 Å². The standard InChI is InChI=1S/C16H17Cl2NO/c1-11-3-6-16(12(2)9-11)20-8-7-19-15-10-13(17)4-5-14(15)18/h3-6,9-10,19H,7-8H2,1-2H3. The van der Waals surface area contributed by atoms with Crippen LogP contribution < -0.4 is 10.1 Å². The Morgan fingerprint density at radius 1 is 1.05 bits per heavy atom. The summed E-state index contributed by atoms with van der Waals surface area (Å²) in [5.41, 5.74) is 3.20. The lowest BCUT2D eigenvalue weighted by atomic mass is 10.1. The molecule has 0 bridgehead atoms. The number of aryl methyl sites for hydroxylation is 2. The average molecular weight is 310 g/mol. The topological polar surface area (TPSA) is 21.3 Å². The SMILES string of the molecule is Cc1ccc(OCCNc2cc(Cl)ccc2Cl)c(C)c1. The molecule has 0 atom stereocenters. The molecule has 2 aromatic carbocycles. The Kier molecular flexibility index (Phi) is 5.16. The van der Waals surface area contributed by atoms with Gasteiger partial charge in [-0.3, -0.25) is 0 Å². The van der Waals surface area contributed by atoms with E-state index in [0.29, 0.717) is 23.2 Å². The lowest BCUT2D eigenvalue weighted by Crippen LogP contribution is -2.12. The fraction of sp³-hybridized carbons (Fsp3) is 0.250. The van der Waals surface area contributed by atoms with Gasteiger partial charge in [0.25, 0.3) is 0 Å². The van der Waals surface area contributed by atoms with Crippen LogP contribution in [0.3, 0.4) is 0 Å². The minimum atomic E-state index is 0.562. The van der Waals surface area contributed by atoms with Gasteiger partial charge < -0.3 is 10.1 Å². The quantitative estimate of drug-likeness (QED) is 0.776. The number of hydrogen-bond acceptors (Lipinski definition) is 2. The summed E-state index contributed by atoms with van der Waals surface area (Å²) in [7, 11) is 0. The maximum absolute atomic E-state index is 6.07. The van der Waals surface area contributed by atoms with Gasteiger partial charge in [0.15, 0.2) is 0 Å². The van der Waals surface area contributed by atoms with Gasteiger partial charge >= 0.3 is 0 Å². The molecule has 0 aromatic heterocycles. The van der Waals surface area contributed by atoms with Crippen molar-refractivity contribution in [1.29, 1.82) is 0 Å². The van der Waals surface area contributed by atoms with Crippen LogP contribution in [-0.4, -0.2) is 13.2 Å². The van der Waals surface area contributed by atoms with Gasteiger partial charge in [-0.2, -0.15) is 0 Å². The molecular weight excluding hydrogens is 293 g/mol. The summed E-state index contributed by atoms with van der Waals surface area (Å²) in [5.74, 6) is 0.912. The van der Waals surface area contributed by atoms with E-state index >= 15 is 0 Å². The second-order valence-corrected chi connectivity index (χ2v) is 5.51. The van der Waals surface area contributed by atoms with E-state index in [1.54, 1.807) is 18.2 Å². The van der Waals surface area contributed by atoms with Crippen molar-refractivity contribution in [2.45, 2.75) is 13.8 Å². The predicted octanol–water partition coefficient (Wildman–Crippen LogP) is 5.10. The van der Waals surface area contributed by atoms with Crippen LogP contribution in [0, 0.1) is 13.8 Å². The van der Waals surface area contributed by atoms with Gasteiger partial charge in [-0.1, -0.05) is 40.9 Å². The monoisotopic (exact) mass is 309 g/mol. The lowest BCUT2D eigenvalue weighted by molar-refractivity contribution is 0.330. The van der Waals surface area contributed by atoms with Crippen LogP contribution in [0.25, 0.3) is 0 Å². The summed E-state index contributed by atoms with van der Waals surface area (Å²) in [6.45, 7) is 5.34. The third kappa shape index (κ3) is 4.06. The first-order valence-corrected chi connectivity index (χ1v) is 7.21. The number of nitrogens with one attached hydrogen (secondary N) is 1. The molecule has 20 heavy (non-hydrogen) atoms. The molecule has 0 aliphatic heterocycles. The molecule has 0 saturated carbocycles. The van der Waals surface area contributed by atoms with E-state index in [1.807, 2.05) is 19.1 Å². The van der Waals surface area contributed by atoms with E-state index in [-0.39, 0.29) is 0 Å². The lowest BCUT2D eigenvalue weighted by Gasteiger charge is -2.12. The van der Waals surface area contributed by atoms with Crippen molar-refractivity contribution in [3.05, 3.63) is 57.6 Å². The Balaban J connectivity index is 1.86. The molecule has 106 valence electrons. The van der Waals surface area contributed by atoms with E-state index in [4.69, 9.17) is 27.9 Å². The van der Waals surface area contributed by atoms with Gasteiger partial charge in [-0.25, -0.2) is 0 Å². The van der Waals surface area contributed by atoms with Crippen molar-refractivity contribution in [3.8, 4) is 5.75 Å². The van der Waals surface area contributed by atoms with E-state index < -0.39 is 0 Å². The van der Waals surface area contributed by atoms with Crippen molar-refractivity contribution in [3.63, 3.8) is 0 Å². The Bertz CT molecular complexity index is 599. The van der Waals surface area contributed by atoms with Crippen molar-refractivity contribution in [2.24, 2.45) is 0 Å². The van der Waals surface area contributed by atoms with Gasteiger partial charge in [-0.15, -0.1) is 0 Å². The van der Waals surface area contributed by atoms with Gasteiger partial charge in [0.2, 0.25) is 0 Å². The summed E-state index contributed by atoms with van der Waals surface area (Å²) >= 11 is 12.0. The van der Waals surface area contributed by atoms with Gasteiger partial charge in [0.05, 0.1) is 10.7 Å². The van der Waals surface area contributed by atoms with E-state index in [9.17, 15) is 0 Å². The highest BCUT2D eigenvalue weighted by Crippen LogP contribution is 2.25. The van der Waals surface area contributed by atoms with Crippen molar-refractivity contribution < 1.29 is 4.74 Å². The van der Waals surface area contributed by atoms with E-state index in [0.717, 1.165) is 17.0 Å². The molecule has 0 amide bonds. The number of anilines is 1. The molecule has 0 fully saturated rings. The Labute approximate surface area is 129 Å². The third-order valence-corrected chi connectivity index (χ3v) is 3.50. The van der Waals surface area contributed by atoms with Crippen LogP contribution in [0.15, 0.2) is 36.4 Å². The van der Waals surface area contributed by atoms with Crippen LogP contribution in [0.1, 0.15) is 11.1 Å². The second kappa shape index (κ2) is 6.87. The Morgan fingerprint density at radius 2 is 1.85 bits per heavy atom. The van der Waals surface area contributed by atoms with Gasteiger partial charge in [0.1, 0.15) is 12.4 Å². The minimum Gasteiger partial charge on any atom is -0.491 e. The van der Waals surface area contributed by atoms with Crippen LogP contribution in [-0.2, 0) is 0 Å². The molecule has 0 unspecified atom stereocenters. The first-order valence-electron chi connectivity index (χ1n) is 6.45. The third-order valence-electron chi connectivity index (χ3n) is 2.93. The average Bonchev–Trinajstić information content (AvgIpc) is 2.40. The summed E-state index contributed by atoms with van der Waals surface area (Å²) < 4.78 is 5.75. The molecule has 0 aliphatic rings. The van der Waals surface area contributed by atoms with Crippen LogP contribution in [0.4, 0.5) is 5.69 Å². The molecule has 0 heterocycles. The number of rotatable bonds is 5. The number of hydrogen-bond donors (Lipinski definition) is 1. The van der Waals surface area contributed by atoms with Crippen molar-refractivity contribution >= 4 is 28.9 Å². The molecule has 2 rings (SSSR count). The predicted molar refractivity (Wildman–Crippen MR) is 86.4 cm³/mol. The molecule has 1 N–H and O–H groups in total. The maximum Gasteiger partial charge on any atom is 0.122 e. The largest absolute Gasteiger partial charge is 0.491 e. The maximum atomic E-state index is 6.07. The zero-order valence-corrected chi connectivity index (χ0v) is 13.1. The van der Waals surface area contributed by atoms with E-state index in [2.05, 4.69) is 18.3 Å². The second-order valence-electron chi connectivity index (χ2n) is 4.67. The highest BCUT2D eigenvalue weighted by atomic mass is 35.5. The van der Waals surface area contributed by atoms with Gasteiger partial charge in [0, 0.05) is 11.6 Å². The van der Waals surface area contributed by atoms with Crippen molar-refractivity contribution in [2.75, 3.05) is 18.5 Å². The molecule has 0 radical (unpaired) electrons. The molecule has 2 nitrogen and oxygen atoms in total. The zero-order valence-electron chi connectivity index (χ0n) is 11.5. The first kappa shape index (κ1) is 15.0. The number of benzene rings is 2. The van der Waals surface area contributed by atoms with Gasteiger partial charge in [-0.05, 0) is 43.7 Å². The molecule has 0 aliphatic carbocycles. The molecular formula is C16H17Cl2NO. The van der Waals surface area contributed by atoms with Crippen LogP contribution in [0.2, 0.25) is 10.0 Å². The minimum absolute atomic E-state index is 0.562. The fourth-order valence-corrected chi connectivity index (χ4v) is 2.30. The highest BCUT2D eigenvalue weighted by Gasteiger charge is 2.02. The Morgan fingerprint density at radius 3 is 2.60 bits per heavy atom. The zero-order chi connectivity index (χ0) is 14.5. The Hall–Kier alpha value is -1.38. The smallest absolute Gasteiger partial charge is 0.122 e. The molecule has 0 spiro atoms. The normalized spacial score (nSPS) is 10.4. The van der Waals surface area contributed by atoms with Crippen molar-refractivity contribution in [1.82, 2.24) is 0 Å².